The van der Waals surface area contributed by atoms with Crippen LogP contribution in [0, 0.1) is 6.92 Å². The zero-order chi connectivity index (χ0) is 17.0. The Morgan fingerprint density at radius 1 is 1.13 bits per heavy atom. The third-order valence-electron chi connectivity index (χ3n) is 3.52. The van der Waals surface area contributed by atoms with Crippen LogP contribution in [0.25, 0.3) is 0 Å². The topological polar surface area (TPSA) is 66.5 Å². The molecule has 2 rings (SSSR count). The number of rotatable bonds is 5. The summed E-state index contributed by atoms with van der Waals surface area (Å²) in [6.45, 7) is 4.34. The molecule has 5 nitrogen and oxygen atoms in total. The number of anilines is 1. The fourth-order valence-electron chi connectivity index (χ4n) is 2.00. The lowest BCUT2D eigenvalue weighted by Gasteiger charge is -2.15. The van der Waals surface area contributed by atoms with E-state index in [0.29, 0.717) is 17.8 Å². The molecule has 0 saturated heterocycles. The predicted octanol–water partition coefficient (Wildman–Crippen LogP) is 2.89. The van der Waals surface area contributed by atoms with Gasteiger partial charge in [0.1, 0.15) is 0 Å². The van der Waals surface area contributed by atoms with E-state index >= 15 is 0 Å². The maximum absolute atomic E-state index is 12.5. The third kappa shape index (κ3) is 4.10. The van der Waals surface area contributed by atoms with Gasteiger partial charge in [-0.25, -0.2) is 8.42 Å². The van der Waals surface area contributed by atoms with Crippen LogP contribution in [0.1, 0.15) is 22.8 Å². The molecule has 1 N–H and O–H groups in total. The van der Waals surface area contributed by atoms with E-state index in [1.54, 1.807) is 31.3 Å². The molecule has 2 aromatic rings. The number of carbonyl (C=O) groups excluding carboxylic acids is 1. The van der Waals surface area contributed by atoms with Gasteiger partial charge in [-0.3, -0.25) is 9.52 Å². The molecule has 0 unspecified atom stereocenters. The minimum Gasteiger partial charge on any atom is -0.342 e. The molecule has 0 aromatic heterocycles. The summed E-state index contributed by atoms with van der Waals surface area (Å²) in [6, 6.07) is 13.1. The number of hydrogen-bond donors (Lipinski definition) is 1. The van der Waals surface area contributed by atoms with Crippen molar-refractivity contribution in [2.75, 3.05) is 18.3 Å². The highest BCUT2D eigenvalue weighted by atomic mass is 32.2. The van der Waals surface area contributed by atoms with Crippen molar-refractivity contribution in [2.45, 2.75) is 18.7 Å². The summed E-state index contributed by atoms with van der Waals surface area (Å²) in [5.41, 5.74) is 1.88. The van der Waals surface area contributed by atoms with Gasteiger partial charge in [0.05, 0.1) is 4.90 Å². The van der Waals surface area contributed by atoms with Crippen LogP contribution in [-0.2, 0) is 10.0 Å². The molecular weight excluding hydrogens is 312 g/mol. The van der Waals surface area contributed by atoms with Crippen molar-refractivity contribution in [1.82, 2.24) is 4.90 Å². The van der Waals surface area contributed by atoms with E-state index in [0.717, 1.165) is 5.56 Å². The normalized spacial score (nSPS) is 11.1. The van der Waals surface area contributed by atoms with Gasteiger partial charge in [-0.2, -0.15) is 0 Å². The number of nitrogens with one attached hydrogen (secondary N) is 1. The van der Waals surface area contributed by atoms with E-state index in [1.165, 1.54) is 17.0 Å². The van der Waals surface area contributed by atoms with Crippen molar-refractivity contribution in [1.29, 1.82) is 0 Å². The summed E-state index contributed by atoms with van der Waals surface area (Å²) in [5.74, 6) is -0.208. The summed E-state index contributed by atoms with van der Waals surface area (Å²) in [5, 5.41) is 0. The lowest BCUT2D eigenvalue weighted by atomic mass is 10.2. The van der Waals surface area contributed by atoms with Crippen molar-refractivity contribution in [2.24, 2.45) is 0 Å². The summed E-state index contributed by atoms with van der Waals surface area (Å²) in [4.78, 5) is 13.8. The van der Waals surface area contributed by atoms with Crippen molar-refractivity contribution in [3.63, 3.8) is 0 Å². The molecule has 0 aliphatic rings. The van der Waals surface area contributed by atoms with Crippen LogP contribution in [0.5, 0.6) is 0 Å². The Kier molecular flexibility index (Phi) is 5.05. The summed E-state index contributed by atoms with van der Waals surface area (Å²) in [6.07, 6.45) is 0. The molecule has 0 spiro atoms. The van der Waals surface area contributed by atoms with E-state index in [9.17, 15) is 13.2 Å². The molecule has 122 valence electrons. The second kappa shape index (κ2) is 6.83. The van der Waals surface area contributed by atoms with Gasteiger partial charge in [0, 0.05) is 24.8 Å². The molecule has 0 aliphatic carbocycles. The van der Waals surface area contributed by atoms with Gasteiger partial charge < -0.3 is 4.90 Å². The minimum atomic E-state index is -3.74. The van der Waals surface area contributed by atoms with E-state index < -0.39 is 10.0 Å². The Bertz CT molecular complexity index is 799. The van der Waals surface area contributed by atoms with Crippen molar-refractivity contribution in [3.05, 3.63) is 59.7 Å². The highest BCUT2D eigenvalue weighted by Gasteiger charge is 2.17. The van der Waals surface area contributed by atoms with Gasteiger partial charge in [0.15, 0.2) is 0 Å². The summed E-state index contributed by atoms with van der Waals surface area (Å²) in [7, 11) is -2.06. The SMILES string of the molecule is CCN(C)C(=O)c1cccc(S(=O)(=O)Nc2ccc(C)cc2)c1. The van der Waals surface area contributed by atoms with E-state index in [2.05, 4.69) is 4.72 Å². The second-order valence-electron chi connectivity index (χ2n) is 5.32. The number of benzene rings is 2. The van der Waals surface area contributed by atoms with E-state index in [-0.39, 0.29) is 10.8 Å². The van der Waals surface area contributed by atoms with Crippen molar-refractivity contribution < 1.29 is 13.2 Å². The number of amides is 1. The molecule has 0 fully saturated rings. The van der Waals surface area contributed by atoms with Gasteiger partial charge in [0.2, 0.25) is 0 Å². The number of hydrogen-bond acceptors (Lipinski definition) is 3. The van der Waals surface area contributed by atoms with Gasteiger partial charge in [-0.15, -0.1) is 0 Å². The molecule has 0 bridgehead atoms. The van der Waals surface area contributed by atoms with Crippen LogP contribution in [0.2, 0.25) is 0 Å². The van der Waals surface area contributed by atoms with Crippen LogP contribution < -0.4 is 4.72 Å². The van der Waals surface area contributed by atoms with Crippen LogP contribution in [0.4, 0.5) is 5.69 Å². The molecule has 2 aromatic carbocycles. The summed E-state index contributed by atoms with van der Waals surface area (Å²) >= 11 is 0. The highest BCUT2D eigenvalue weighted by Crippen LogP contribution is 2.18. The Morgan fingerprint density at radius 2 is 1.78 bits per heavy atom. The summed E-state index contributed by atoms with van der Waals surface area (Å²) < 4.78 is 27.4. The largest absolute Gasteiger partial charge is 0.342 e. The number of carbonyl (C=O) groups is 1. The first-order chi connectivity index (χ1) is 10.8. The Balaban J connectivity index is 2.29. The fourth-order valence-corrected chi connectivity index (χ4v) is 3.10. The lowest BCUT2D eigenvalue weighted by molar-refractivity contribution is 0.0802. The molecule has 23 heavy (non-hydrogen) atoms. The van der Waals surface area contributed by atoms with Crippen LogP contribution in [0.3, 0.4) is 0 Å². The number of nitrogens with zero attached hydrogens (tertiary/aromatic N) is 1. The standard InChI is InChI=1S/C17H20N2O3S/c1-4-19(3)17(20)14-6-5-7-16(12-14)23(21,22)18-15-10-8-13(2)9-11-15/h5-12,18H,4H2,1-3H3. The zero-order valence-electron chi connectivity index (χ0n) is 13.4. The first-order valence-electron chi connectivity index (χ1n) is 7.28. The zero-order valence-corrected chi connectivity index (χ0v) is 14.2. The minimum absolute atomic E-state index is 0.0634. The number of sulfonamides is 1. The van der Waals surface area contributed by atoms with Crippen molar-refractivity contribution >= 4 is 21.6 Å². The molecule has 1 amide bonds. The molecule has 0 atom stereocenters. The average molecular weight is 332 g/mol. The molecule has 0 aliphatic heterocycles. The molecular formula is C17H20N2O3S. The van der Waals surface area contributed by atoms with Crippen LogP contribution in [-0.4, -0.2) is 32.8 Å². The third-order valence-corrected chi connectivity index (χ3v) is 4.90. The average Bonchev–Trinajstić information content (AvgIpc) is 2.55. The quantitative estimate of drug-likeness (QED) is 0.915. The Hall–Kier alpha value is -2.34. The first kappa shape index (κ1) is 17.0. The van der Waals surface area contributed by atoms with E-state index in [1.807, 2.05) is 26.0 Å². The molecule has 0 radical (unpaired) electrons. The Labute approximate surface area is 137 Å². The van der Waals surface area contributed by atoms with Crippen molar-refractivity contribution in [3.8, 4) is 0 Å². The molecule has 0 saturated carbocycles. The highest BCUT2D eigenvalue weighted by molar-refractivity contribution is 7.92. The number of aryl methyl sites for hydroxylation is 1. The predicted molar refractivity (Wildman–Crippen MR) is 91.1 cm³/mol. The monoisotopic (exact) mass is 332 g/mol. The van der Waals surface area contributed by atoms with E-state index in [4.69, 9.17) is 0 Å². The lowest BCUT2D eigenvalue weighted by Crippen LogP contribution is -2.26. The second-order valence-corrected chi connectivity index (χ2v) is 7.00. The fraction of sp³-hybridized carbons (Fsp3) is 0.235. The van der Waals surface area contributed by atoms with Gasteiger partial charge in [-0.05, 0) is 44.2 Å². The van der Waals surface area contributed by atoms with Crippen LogP contribution >= 0.6 is 0 Å². The smallest absolute Gasteiger partial charge is 0.261 e. The Morgan fingerprint density at radius 3 is 2.39 bits per heavy atom. The van der Waals surface area contributed by atoms with Gasteiger partial charge in [0.25, 0.3) is 15.9 Å². The molecule has 6 heteroatoms. The first-order valence-corrected chi connectivity index (χ1v) is 8.77. The van der Waals surface area contributed by atoms with Gasteiger partial charge in [-0.1, -0.05) is 23.8 Å². The molecule has 0 heterocycles. The van der Waals surface area contributed by atoms with Crippen LogP contribution in [0.15, 0.2) is 53.4 Å². The van der Waals surface area contributed by atoms with Gasteiger partial charge >= 0.3 is 0 Å². The maximum Gasteiger partial charge on any atom is 0.261 e. The maximum atomic E-state index is 12.5.